The molecule has 0 unspecified atom stereocenters. The molecule has 0 aliphatic rings. The summed E-state index contributed by atoms with van der Waals surface area (Å²) in [5, 5.41) is 8.09. The van der Waals surface area contributed by atoms with Crippen molar-refractivity contribution in [2.24, 2.45) is 10.7 Å². The standard InChI is InChI=1S/C14H13N5/c1-10-6-2-3-7-11(10)16-14(15)19-13-9-5-4-8-12(13)17-18-19/h2-9H,1H3,(H2,15,16). The second-order valence-corrected chi connectivity index (χ2v) is 4.25. The first-order chi connectivity index (χ1) is 9.25. The molecule has 0 aliphatic carbocycles. The molecule has 3 rings (SSSR count). The van der Waals surface area contributed by atoms with E-state index in [1.165, 1.54) is 0 Å². The van der Waals surface area contributed by atoms with Gasteiger partial charge in [0, 0.05) is 0 Å². The van der Waals surface area contributed by atoms with Crippen molar-refractivity contribution in [2.75, 3.05) is 0 Å². The molecule has 0 spiro atoms. The van der Waals surface area contributed by atoms with Gasteiger partial charge in [0.15, 0.2) is 0 Å². The second-order valence-electron chi connectivity index (χ2n) is 4.25. The van der Waals surface area contributed by atoms with Crippen molar-refractivity contribution in [3.05, 3.63) is 54.1 Å². The fraction of sp³-hybridized carbons (Fsp3) is 0.0714. The largest absolute Gasteiger partial charge is 0.368 e. The number of aromatic nitrogens is 3. The lowest BCUT2D eigenvalue weighted by molar-refractivity contribution is 0.853. The Morgan fingerprint density at radius 1 is 1.11 bits per heavy atom. The van der Waals surface area contributed by atoms with E-state index in [0.717, 1.165) is 22.3 Å². The number of para-hydroxylation sites is 2. The molecule has 5 heteroatoms. The van der Waals surface area contributed by atoms with Crippen LogP contribution < -0.4 is 5.73 Å². The summed E-state index contributed by atoms with van der Waals surface area (Å²) in [6.45, 7) is 1.99. The summed E-state index contributed by atoms with van der Waals surface area (Å²) < 4.78 is 1.54. The van der Waals surface area contributed by atoms with Crippen LogP contribution in [0.2, 0.25) is 0 Å². The normalized spacial score (nSPS) is 11.9. The summed E-state index contributed by atoms with van der Waals surface area (Å²) in [6.07, 6.45) is 0. The monoisotopic (exact) mass is 251 g/mol. The minimum Gasteiger partial charge on any atom is -0.368 e. The minimum absolute atomic E-state index is 0.308. The van der Waals surface area contributed by atoms with Gasteiger partial charge in [-0.25, -0.2) is 4.99 Å². The van der Waals surface area contributed by atoms with Crippen LogP contribution >= 0.6 is 0 Å². The van der Waals surface area contributed by atoms with Crippen molar-refractivity contribution in [3.63, 3.8) is 0 Å². The van der Waals surface area contributed by atoms with Crippen molar-refractivity contribution in [1.82, 2.24) is 15.0 Å². The lowest BCUT2D eigenvalue weighted by Gasteiger charge is -2.03. The zero-order chi connectivity index (χ0) is 13.2. The Morgan fingerprint density at radius 3 is 2.68 bits per heavy atom. The first kappa shape index (κ1) is 11.4. The molecule has 1 heterocycles. The van der Waals surface area contributed by atoms with Crippen LogP contribution in [-0.4, -0.2) is 21.0 Å². The van der Waals surface area contributed by atoms with Crippen LogP contribution in [0.15, 0.2) is 53.5 Å². The summed E-state index contributed by atoms with van der Waals surface area (Å²) in [7, 11) is 0. The van der Waals surface area contributed by atoms with E-state index in [4.69, 9.17) is 5.73 Å². The Hall–Kier alpha value is -2.69. The van der Waals surface area contributed by atoms with Crippen LogP contribution in [0.4, 0.5) is 5.69 Å². The van der Waals surface area contributed by atoms with Crippen molar-refractivity contribution in [3.8, 4) is 0 Å². The van der Waals surface area contributed by atoms with Gasteiger partial charge < -0.3 is 5.73 Å². The summed E-state index contributed by atoms with van der Waals surface area (Å²) in [5.74, 6) is 0.308. The maximum atomic E-state index is 6.02. The molecule has 94 valence electrons. The average Bonchev–Trinajstić information content (AvgIpc) is 2.85. The molecule has 19 heavy (non-hydrogen) atoms. The Morgan fingerprint density at radius 2 is 1.84 bits per heavy atom. The van der Waals surface area contributed by atoms with Gasteiger partial charge in [-0.3, -0.25) is 0 Å². The van der Waals surface area contributed by atoms with Crippen molar-refractivity contribution < 1.29 is 0 Å². The molecular formula is C14H13N5. The van der Waals surface area contributed by atoms with Crippen LogP contribution in [0.25, 0.3) is 11.0 Å². The maximum absolute atomic E-state index is 6.02. The number of rotatable bonds is 1. The first-order valence-electron chi connectivity index (χ1n) is 5.96. The Kier molecular flexibility index (Phi) is 2.72. The van der Waals surface area contributed by atoms with Crippen molar-refractivity contribution >= 4 is 22.7 Å². The third kappa shape index (κ3) is 2.06. The van der Waals surface area contributed by atoms with Gasteiger partial charge in [-0.2, -0.15) is 4.68 Å². The number of fused-ring (bicyclic) bond motifs is 1. The summed E-state index contributed by atoms with van der Waals surface area (Å²) >= 11 is 0. The summed E-state index contributed by atoms with van der Waals surface area (Å²) in [4.78, 5) is 4.41. The Balaban J connectivity index is 2.09. The Labute approximate surface area is 110 Å². The molecule has 2 aromatic carbocycles. The third-order valence-electron chi connectivity index (χ3n) is 2.92. The van der Waals surface area contributed by atoms with Crippen molar-refractivity contribution in [1.29, 1.82) is 0 Å². The van der Waals surface area contributed by atoms with Gasteiger partial charge in [0.05, 0.1) is 11.2 Å². The number of nitrogens with zero attached hydrogens (tertiary/aromatic N) is 4. The molecule has 0 saturated carbocycles. The Bertz CT molecular complexity index is 757. The predicted octanol–water partition coefficient (Wildman–Crippen LogP) is 2.23. The van der Waals surface area contributed by atoms with Gasteiger partial charge in [-0.15, -0.1) is 5.10 Å². The molecule has 0 radical (unpaired) electrons. The van der Waals surface area contributed by atoms with E-state index in [1.54, 1.807) is 4.68 Å². The number of hydrogen-bond donors (Lipinski definition) is 1. The highest BCUT2D eigenvalue weighted by Crippen LogP contribution is 2.17. The highest BCUT2D eigenvalue weighted by molar-refractivity contribution is 5.91. The molecule has 3 aromatic rings. The van der Waals surface area contributed by atoms with Crippen LogP contribution in [0.5, 0.6) is 0 Å². The SMILES string of the molecule is Cc1ccccc1N=C(N)n1nnc2ccccc21. The fourth-order valence-electron chi connectivity index (χ4n) is 1.90. The van der Waals surface area contributed by atoms with E-state index in [9.17, 15) is 0 Å². The lowest BCUT2D eigenvalue weighted by Crippen LogP contribution is -2.23. The highest BCUT2D eigenvalue weighted by Gasteiger charge is 2.07. The van der Waals surface area contributed by atoms with E-state index >= 15 is 0 Å². The van der Waals surface area contributed by atoms with Gasteiger partial charge in [0.2, 0.25) is 5.96 Å². The summed E-state index contributed by atoms with van der Waals surface area (Å²) in [6, 6.07) is 15.4. The van der Waals surface area contributed by atoms with Crippen molar-refractivity contribution in [2.45, 2.75) is 6.92 Å². The minimum atomic E-state index is 0.308. The molecule has 0 atom stereocenters. The smallest absolute Gasteiger partial charge is 0.223 e. The number of aryl methyl sites for hydroxylation is 1. The average molecular weight is 251 g/mol. The predicted molar refractivity (Wildman–Crippen MR) is 75.4 cm³/mol. The molecule has 5 nitrogen and oxygen atoms in total. The van der Waals surface area contributed by atoms with Crippen LogP contribution in [0.3, 0.4) is 0 Å². The number of aliphatic imine (C=N–C) groups is 1. The molecule has 1 aromatic heterocycles. The maximum Gasteiger partial charge on any atom is 0.223 e. The second kappa shape index (κ2) is 4.53. The zero-order valence-electron chi connectivity index (χ0n) is 10.5. The van der Waals surface area contributed by atoms with Crippen LogP contribution in [0.1, 0.15) is 5.56 Å². The van der Waals surface area contributed by atoms with E-state index in [2.05, 4.69) is 15.3 Å². The molecular weight excluding hydrogens is 238 g/mol. The summed E-state index contributed by atoms with van der Waals surface area (Å²) in [5.41, 5.74) is 9.56. The first-order valence-corrected chi connectivity index (χ1v) is 5.96. The molecule has 0 fully saturated rings. The number of hydrogen-bond acceptors (Lipinski definition) is 3. The van der Waals surface area contributed by atoms with Gasteiger partial charge in [-0.1, -0.05) is 35.5 Å². The lowest BCUT2D eigenvalue weighted by atomic mass is 10.2. The van der Waals surface area contributed by atoms with Crippen LogP contribution in [-0.2, 0) is 0 Å². The number of benzene rings is 2. The quantitative estimate of drug-likeness (QED) is 0.532. The molecule has 0 amide bonds. The third-order valence-corrected chi connectivity index (χ3v) is 2.92. The van der Waals surface area contributed by atoms with Crippen LogP contribution in [0, 0.1) is 6.92 Å². The molecule has 2 N–H and O–H groups in total. The zero-order valence-corrected chi connectivity index (χ0v) is 10.5. The van der Waals surface area contributed by atoms with E-state index in [-0.39, 0.29) is 0 Å². The number of nitrogens with two attached hydrogens (primary N) is 1. The highest BCUT2D eigenvalue weighted by atomic mass is 15.5. The van der Waals surface area contributed by atoms with Gasteiger partial charge in [0.25, 0.3) is 0 Å². The van der Waals surface area contributed by atoms with E-state index in [0.29, 0.717) is 5.96 Å². The van der Waals surface area contributed by atoms with Gasteiger partial charge >= 0.3 is 0 Å². The van der Waals surface area contributed by atoms with E-state index in [1.807, 2.05) is 55.5 Å². The van der Waals surface area contributed by atoms with Gasteiger partial charge in [0.1, 0.15) is 5.52 Å². The van der Waals surface area contributed by atoms with Gasteiger partial charge in [-0.05, 0) is 30.7 Å². The topological polar surface area (TPSA) is 69.1 Å². The molecule has 0 saturated heterocycles. The molecule has 0 aliphatic heterocycles. The molecule has 0 bridgehead atoms. The van der Waals surface area contributed by atoms with E-state index < -0.39 is 0 Å². The fourth-order valence-corrected chi connectivity index (χ4v) is 1.90.